The van der Waals surface area contributed by atoms with E-state index in [0.717, 1.165) is 11.1 Å². The van der Waals surface area contributed by atoms with Gasteiger partial charge < -0.3 is 38.8 Å². The van der Waals surface area contributed by atoms with E-state index in [2.05, 4.69) is 5.32 Å². The van der Waals surface area contributed by atoms with Crippen molar-refractivity contribution in [2.45, 2.75) is 32.1 Å². The topological polar surface area (TPSA) is 105 Å². The van der Waals surface area contributed by atoms with Crippen LogP contribution in [-0.2, 0) is 30.3 Å². The van der Waals surface area contributed by atoms with Gasteiger partial charge in [-0.1, -0.05) is 18.2 Å². The number of hydrogen-bond acceptors (Lipinski definition) is 8. The number of hydrogen-bond donors (Lipinski definition) is 2. The summed E-state index contributed by atoms with van der Waals surface area (Å²) in [6, 6.07) is 11.7. The van der Waals surface area contributed by atoms with Crippen LogP contribution < -0.4 is 14.8 Å². The number of allylic oxidation sites excluding steroid dienone is 1. The van der Waals surface area contributed by atoms with Gasteiger partial charge in [-0.3, -0.25) is 4.79 Å². The van der Waals surface area contributed by atoms with Crippen molar-refractivity contribution >= 4 is 5.91 Å². The highest BCUT2D eigenvalue weighted by Crippen LogP contribution is 2.42. The number of amides is 1. The van der Waals surface area contributed by atoms with Crippen LogP contribution in [0.2, 0.25) is 0 Å². The number of aliphatic hydroxyl groups is 1. The van der Waals surface area contributed by atoms with Crippen molar-refractivity contribution in [3.63, 3.8) is 0 Å². The fraction of sp³-hybridized carbons (Fsp3) is 0.464. The summed E-state index contributed by atoms with van der Waals surface area (Å²) in [7, 11) is 0. The van der Waals surface area contributed by atoms with Crippen LogP contribution in [0.15, 0.2) is 54.3 Å². The van der Waals surface area contributed by atoms with Crippen molar-refractivity contribution in [2.75, 3.05) is 46.4 Å². The van der Waals surface area contributed by atoms with Crippen molar-refractivity contribution in [2.24, 2.45) is 5.92 Å². The maximum atomic E-state index is 13.2. The van der Waals surface area contributed by atoms with Crippen LogP contribution in [0.5, 0.6) is 11.5 Å². The smallest absolute Gasteiger partial charge is 0.286 e. The molecule has 2 aliphatic heterocycles. The molecular weight excluding hydrogens is 497 g/mol. The number of carbonyl (C=O) groups is 1. The van der Waals surface area contributed by atoms with Crippen LogP contribution >= 0.6 is 0 Å². The number of fused-ring (bicyclic) bond motifs is 1. The first-order valence-corrected chi connectivity index (χ1v) is 12.8. The van der Waals surface area contributed by atoms with Crippen molar-refractivity contribution in [1.29, 1.82) is 0 Å². The predicted octanol–water partition coefficient (Wildman–Crippen LogP) is 3.26. The lowest BCUT2D eigenvalue weighted by atomic mass is 9.81. The predicted molar refractivity (Wildman–Crippen MR) is 135 cm³/mol. The monoisotopic (exact) mass is 531 g/mol. The molecule has 0 saturated heterocycles. The van der Waals surface area contributed by atoms with Crippen LogP contribution in [0.3, 0.4) is 0 Å². The molecule has 2 aromatic carbocycles. The summed E-state index contributed by atoms with van der Waals surface area (Å²) in [6.07, 6.45) is 1.73. The number of halogens is 1. The Hall–Kier alpha value is -3.18. The Bertz CT molecular complexity index is 1080. The molecule has 0 aromatic heterocycles. The molecule has 3 atom stereocenters. The summed E-state index contributed by atoms with van der Waals surface area (Å²) in [6.45, 7) is 4.12. The third kappa shape index (κ3) is 7.44. The highest BCUT2D eigenvalue weighted by atomic mass is 19.1. The second kappa shape index (κ2) is 14.1. The van der Waals surface area contributed by atoms with Gasteiger partial charge in [-0.25, -0.2) is 4.39 Å². The van der Waals surface area contributed by atoms with Crippen molar-refractivity contribution in [3.05, 3.63) is 71.2 Å². The average Bonchev–Trinajstić information content (AvgIpc) is 3.40. The fourth-order valence-corrected chi connectivity index (χ4v) is 4.42. The minimum absolute atomic E-state index is 0.0290. The highest BCUT2D eigenvalue weighted by Gasteiger charge is 2.38. The molecule has 10 heteroatoms. The minimum atomic E-state index is -0.679. The molecule has 2 heterocycles. The molecule has 0 radical (unpaired) electrons. The second-order valence-corrected chi connectivity index (χ2v) is 8.82. The number of nitrogens with one attached hydrogen (secondary N) is 1. The van der Waals surface area contributed by atoms with E-state index in [1.807, 2.05) is 31.2 Å². The fourth-order valence-electron chi connectivity index (χ4n) is 4.42. The molecular formula is C28H34FNO8. The van der Waals surface area contributed by atoms with E-state index in [1.165, 1.54) is 12.1 Å². The summed E-state index contributed by atoms with van der Waals surface area (Å²) < 4.78 is 47.3. The van der Waals surface area contributed by atoms with Gasteiger partial charge in [-0.15, -0.1) is 0 Å². The Morgan fingerprint density at radius 2 is 1.82 bits per heavy atom. The van der Waals surface area contributed by atoms with Crippen molar-refractivity contribution in [3.8, 4) is 11.5 Å². The van der Waals surface area contributed by atoms with Crippen LogP contribution in [0.1, 0.15) is 30.4 Å². The van der Waals surface area contributed by atoms with Crippen LogP contribution in [0, 0.1) is 11.7 Å². The first-order chi connectivity index (χ1) is 18.6. The lowest BCUT2D eigenvalue weighted by Gasteiger charge is -2.37. The first kappa shape index (κ1) is 27.8. The molecule has 0 spiro atoms. The standard InChI is InChI=1S/C28H34FNO8/c1-2-35-28-22(9-11-33-13-14-34-12-10-31)23(20-5-8-24-25(15-20)37-18-36-24)16-26(38-28)27(32)30-17-19-3-6-21(29)7-4-19/h3-8,15-16,22-23,28,31H,2,9-14,17-18H2,1H3,(H,30,32)/t22-,23+,28+/m0/s1. The zero-order chi connectivity index (χ0) is 26.7. The molecule has 0 aliphatic carbocycles. The van der Waals surface area contributed by atoms with Gasteiger partial charge in [-0.05, 0) is 54.8 Å². The number of ether oxygens (including phenoxy) is 6. The quantitative estimate of drug-likeness (QED) is 0.358. The average molecular weight is 532 g/mol. The second-order valence-electron chi connectivity index (χ2n) is 8.82. The molecule has 9 nitrogen and oxygen atoms in total. The Balaban J connectivity index is 1.51. The maximum Gasteiger partial charge on any atom is 0.286 e. The largest absolute Gasteiger partial charge is 0.459 e. The number of aliphatic hydroxyl groups excluding tert-OH is 1. The molecule has 0 unspecified atom stereocenters. The Morgan fingerprint density at radius 1 is 1.05 bits per heavy atom. The molecule has 2 aromatic rings. The van der Waals surface area contributed by atoms with E-state index in [1.54, 1.807) is 12.1 Å². The highest BCUT2D eigenvalue weighted by molar-refractivity contribution is 5.91. The van der Waals surface area contributed by atoms with Gasteiger partial charge in [0.2, 0.25) is 13.1 Å². The maximum absolute atomic E-state index is 13.2. The van der Waals surface area contributed by atoms with E-state index in [4.69, 9.17) is 33.5 Å². The van der Waals surface area contributed by atoms with Crippen molar-refractivity contribution in [1.82, 2.24) is 5.32 Å². The summed E-state index contributed by atoms with van der Waals surface area (Å²) in [5.74, 6) is 0.373. The summed E-state index contributed by atoms with van der Waals surface area (Å²) in [5, 5.41) is 11.7. The van der Waals surface area contributed by atoms with Gasteiger partial charge in [0.1, 0.15) is 5.82 Å². The van der Waals surface area contributed by atoms with Gasteiger partial charge in [0.05, 0.1) is 26.4 Å². The third-order valence-electron chi connectivity index (χ3n) is 6.29. The molecule has 2 aliphatic rings. The van der Waals surface area contributed by atoms with Crippen LogP contribution in [-0.4, -0.2) is 63.7 Å². The molecule has 38 heavy (non-hydrogen) atoms. The Labute approximate surface area is 221 Å². The Kier molecular flexibility index (Phi) is 10.3. The zero-order valence-electron chi connectivity index (χ0n) is 21.4. The number of rotatable bonds is 14. The lowest BCUT2D eigenvalue weighted by Crippen LogP contribution is -2.39. The summed E-state index contributed by atoms with van der Waals surface area (Å²) >= 11 is 0. The van der Waals surface area contributed by atoms with E-state index in [-0.39, 0.29) is 55.9 Å². The van der Waals surface area contributed by atoms with E-state index in [0.29, 0.717) is 44.3 Å². The van der Waals surface area contributed by atoms with E-state index < -0.39 is 6.29 Å². The van der Waals surface area contributed by atoms with Gasteiger partial charge in [0.15, 0.2) is 17.3 Å². The lowest BCUT2D eigenvalue weighted by molar-refractivity contribution is -0.168. The summed E-state index contributed by atoms with van der Waals surface area (Å²) in [5.41, 5.74) is 1.70. The van der Waals surface area contributed by atoms with Gasteiger partial charge >= 0.3 is 0 Å². The van der Waals surface area contributed by atoms with E-state index >= 15 is 0 Å². The molecule has 0 bridgehead atoms. The molecule has 4 rings (SSSR count). The molecule has 206 valence electrons. The van der Waals surface area contributed by atoms with Crippen LogP contribution in [0.25, 0.3) is 0 Å². The van der Waals surface area contributed by atoms with E-state index in [9.17, 15) is 9.18 Å². The zero-order valence-corrected chi connectivity index (χ0v) is 21.4. The molecule has 0 saturated carbocycles. The molecule has 0 fully saturated rings. The number of benzene rings is 2. The van der Waals surface area contributed by atoms with Crippen molar-refractivity contribution < 1.29 is 42.7 Å². The molecule has 2 N–H and O–H groups in total. The van der Waals surface area contributed by atoms with Gasteiger partial charge in [0.25, 0.3) is 5.91 Å². The summed E-state index contributed by atoms with van der Waals surface area (Å²) in [4.78, 5) is 13.1. The SMILES string of the molecule is CCO[C@@H]1OC(C(=O)NCc2ccc(F)cc2)=C[C@H](c2ccc3c(c2)OCO3)[C@@H]1CCOCCOCCO. The van der Waals surface area contributed by atoms with Gasteiger partial charge in [-0.2, -0.15) is 0 Å². The van der Waals surface area contributed by atoms with Crippen LogP contribution in [0.4, 0.5) is 4.39 Å². The first-order valence-electron chi connectivity index (χ1n) is 12.8. The normalized spacial score (nSPS) is 20.1. The third-order valence-corrected chi connectivity index (χ3v) is 6.29. The molecule has 1 amide bonds. The minimum Gasteiger partial charge on any atom is -0.459 e. The Morgan fingerprint density at radius 3 is 2.58 bits per heavy atom. The van der Waals surface area contributed by atoms with Gasteiger partial charge in [0, 0.05) is 31.6 Å². The number of carbonyl (C=O) groups excluding carboxylic acids is 1.